The van der Waals surface area contributed by atoms with Crippen LogP contribution in [0.2, 0.25) is 0 Å². The number of carbonyl (C=O) groups excluding carboxylic acids is 1. The molecule has 5 rings (SSSR count). The molecule has 2 bridgehead atoms. The number of anilines is 1. The zero-order valence-corrected chi connectivity index (χ0v) is 13.7. The molecule has 2 aliphatic rings. The minimum Gasteiger partial charge on any atom is -0.476 e. The molecule has 3 aromatic rings. The number of ether oxygens (including phenoxy) is 1. The van der Waals surface area contributed by atoms with Gasteiger partial charge in [-0.15, -0.1) is 0 Å². The van der Waals surface area contributed by atoms with Crippen LogP contribution in [0.25, 0.3) is 5.65 Å². The summed E-state index contributed by atoms with van der Waals surface area (Å²) in [6.07, 6.45) is 5.97. The molecule has 9 heteroatoms. The number of nitrogens with one attached hydrogen (secondary N) is 2. The highest BCUT2D eigenvalue weighted by Gasteiger charge is 2.47. The summed E-state index contributed by atoms with van der Waals surface area (Å²) < 4.78 is 21.1. The maximum absolute atomic E-state index is 13.8. The van der Waals surface area contributed by atoms with Gasteiger partial charge in [-0.1, -0.05) is 0 Å². The molecule has 2 N–H and O–H groups in total. The van der Waals surface area contributed by atoms with E-state index in [1.807, 2.05) is 0 Å². The van der Waals surface area contributed by atoms with Gasteiger partial charge < -0.3 is 15.4 Å². The molecular formula is C17H15FN6O2. The van der Waals surface area contributed by atoms with Crippen molar-refractivity contribution >= 4 is 17.4 Å². The Labute approximate surface area is 147 Å². The molecule has 8 nitrogen and oxygen atoms in total. The summed E-state index contributed by atoms with van der Waals surface area (Å²) in [5.74, 6) is 0.258. The molecule has 132 valence electrons. The number of carbonyl (C=O) groups is 1. The van der Waals surface area contributed by atoms with E-state index in [1.54, 1.807) is 16.8 Å². The molecule has 0 atom stereocenters. The molecule has 1 spiro atoms. The van der Waals surface area contributed by atoms with Crippen molar-refractivity contribution in [3.8, 4) is 5.88 Å². The third kappa shape index (κ3) is 2.35. The fourth-order valence-corrected chi connectivity index (χ4v) is 3.22. The van der Waals surface area contributed by atoms with E-state index in [0.29, 0.717) is 28.5 Å². The van der Waals surface area contributed by atoms with Crippen molar-refractivity contribution < 1.29 is 13.9 Å². The molecule has 26 heavy (non-hydrogen) atoms. The average molecular weight is 354 g/mol. The Morgan fingerprint density at radius 3 is 3.04 bits per heavy atom. The number of halogens is 1. The number of hydrogen-bond acceptors (Lipinski definition) is 6. The summed E-state index contributed by atoms with van der Waals surface area (Å²) >= 11 is 0. The molecular weight excluding hydrogens is 339 g/mol. The number of nitrogens with zero attached hydrogens (tertiary/aromatic N) is 4. The monoisotopic (exact) mass is 354 g/mol. The first-order chi connectivity index (χ1) is 12.6. The Balaban J connectivity index is 1.64. The first kappa shape index (κ1) is 15.1. The number of pyridine rings is 1. The van der Waals surface area contributed by atoms with Crippen LogP contribution in [-0.2, 0) is 5.54 Å². The quantitative estimate of drug-likeness (QED) is 0.635. The van der Waals surface area contributed by atoms with E-state index >= 15 is 0 Å². The van der Waals surface area contributed by atoms with Crippen molar-refractivity contribution in [2.24, 2.45) is 0 Å². The van der Waals surface area contributed by atoms with Crippen LogP contribution < -0.4 is 15.4 Å². The Kier molecular flexibility index (Phi) is 3.12. The van der Waals surface area contributed by atoms with Crippen molar-refractivity contribution in [1.82, 2.24) is 24.9 Å². The van der Waals surface area contributed by atoms with Crippen LogP contribution in [0.5, 0.6) is 5.88 Å². The molecule has 1 amide bonds. The standard InChI is InChI=1S/C17H15FN6O2/c18-10-7-12-16(20-8-10)26-6-4-19-15(25)11-9-21-24-5-1-13(22-14(11)24)23-17(12)2-3-17/h1,5,7-9H,2-4,6H2,(H,19,25)(H,22,23). The molecule has 1 aliphatic carbocycles. The molecule has 0 aromatic carbocycles. The number of rotatable bonds is 0. The summed E-state index contributed by atoms with van der Waals surface area (Å²) in [7, 11) is 0. The van der Waals surface area contributed by atoms with E-state index < -0.39 is 11.4 Å². The van der Waals surface area contributed by atoms with Crippen LogP contribution in [0.4, 0.5) is 10.2 Å². The third-order valence-electron chi connectivity index (χ3n) is 4.69. The van der Waals surface area contributed by atoms with Crippen LogP contribution in [-0.4, -0.2) is 38.6 Å². The Morgan fingerprint density at radius 2 is 2.19 bits per heavy atom. The summed E-state index contributed by atoms with van der Waals surface area (Å²) in [6, 6.07) is 3.22. The second-order valence-corrected chi connectivity index (χ2v) is 6.46. The van der Waals surface area contributed by atoms with Crippen molar-refractivity contribution in [2.75, 3.05) is 18.5 Å². The van der Waals surface area contributed by atoms with Crippen LogP contribution in [0.1, 0.15) is 28.8 Å². The van der Waals surface area contributed by atoms with E-state index in [4.69, 9.17) is 4.74 Å². The fraction of sp³-hybridized carbons (Fsp3) is 0.294. The number of fused-ring (bicyclic) bond motifs is 3. The Morgan fingerprint density at radius 1 is 1.31 bits per heavy atom. The van der Waals surface area contributed by atoms with E-state index in [-0.39, 0.29) is 19.1 Å². The molecule has 0 unspecified atom stereocenters. The molecule has 1 saturated carbocycles. The first-order valence-electron chi connectivity index (χ1n) is 8.34. The SMILES string of the molecule is O=C1NCCOc2ncc(F)cc2C2(CC2)Nc2ccn3ncc1c3n2. The van der Waals surface area contributed by atoms with E-state index in [2.05, 4.69) is 25.7 Å². The van der Waals surface area contributed by atoms with Gasteiger partial charge in [0.15, 0.2) is 5.65 Å². The molecule has 3 aromatic heterocycles. The number of hydrogen-bond donors (Lipinski definition) is 2. The molecule has 4 heterocycles. The van der Waals surface area contributed by atoms with E-state index in [0.717, 1.165) is 19.0 Å². The second-order valence-electron chi connectivity index (χ2n) is 6.46. The lowest BCUT2D eigenvalue weighted by molar-refractivity contribution is 0.0948. The maximum atomic E-state index is 13.8. The van der Waals surface area contributed by atoms with Gasteiger partial charge in [-0.05, 0) is 25.0 Å². The van der Waals surface area contributed by atoms with Crippen molar-refractivity contribution in [3.63, 3.8) is 0 Å². The molecule has 0 saturated heterocycles. The highest BCUT2D eigenvalue weighted by Crippen LogP contribution is 2.50. The molecule has 1 fully saturated rings. The Hall–Kier alpha value is -3.23. The highest BCUT2D eigenvalue weighted by molar-refractivity contribution is 5.99. The van der Waals surface area contributed by atoms with Gasteiger partial charge in [-0.3, -0.25) is 4.79 Å². The number of amides is 1. The van der Waals surface area contributed by atoms with E-state index in [1.165, 1.54) is 12.3 Å². The second kappa shape index (κ2) is 5.38. The molecule has 0 radical (unpaired) electrons. The summed E-state index contributed by atoms with van der Waals surface area (Å²) in [6.45, 7) is 0.512. The van der Waals surface area contributed by atoms with Gasteiger partial charge in [0.25, 0.3) is 5.91 Å². The first-order valence-corrected chi connectivity index (χ1v) is 8.34. The lowest BCUT2D eigenvalue weighted by Crippen LogP contribution is -2.28. The predicted octanol–water partition coefficient (Wildman–Crippen LogP) is 1.49. The van der Waals surface area contributed by atoms with Gasteiger partial charge >= 0.3 is 0 Å². The van der Waals surface area contributed by atoms with Gasteiger partial charge in [0.2, 0.25) is 5.88 Å². The number of aromatic nitrogens is 4. The summed E-state index contributed by atoms with van der Waals surface area (Å²) in [4.78, 5) is 21.0. The van der Waals surface area contributed by atoms with Crippen molar-refractivity contribution in [3.05, 3.63) is 47.7 Å². The van der Waals surface area contributed by atoms with Crippen LogP contribution >= 0.6 is 0 Å². The normalized spacial score (nSPS) is 18.1. The zero-order chi connectivity index (χ0) is 17.7. The van der Waals surface area contributed by atoms with Gasteiger partial charge in [0.05, 0.1) is 24.5 Å². The Bertz CT molecular complexity index is 1030. The van der Waals surface area contributed by atoms with Crippen LogP contribution in [0, 0.1) is 5.82 Å². The summed E-state index contributed by atoms with van der Waals surface area (Å²) in [5.41, 5.74) is 1.04. The smallest absolute Gasteiger partial charge is 0.256 e. The van der Waals surface area contributed by atoms with Gasteiger partial charge in [-0.2, -0.15) is 5.10 Å². The fourth-order valence-electron chi connectivity index (χ4n) is 3.22. The minimum atomic E-state index is -0.471. The lowest BCUT2D eigenvalue weighted by atomic mass is 10.1. The third-order valence-corrected chi connectivity index (χ3v) is 4.69. The van der Waals surface area contributed by atoms with Gasteiger partial charge in [0.1, 0.15) is 23.8 Å². The zero-order valence-electron chi connectivity index (χ0n) is 13.7. The highest BCUT2D eigenvalue weighted by atomic mass is 19.1. The van der Waals surface area contributed by atoms with Gasteiger partial charge in [0, 0.05) is 11.8 Å². The largest absolute Gasteiger partial charge is 0.476 e. The van der Waals surface area contributed by atoms with Crippen molar-refractivity contribution in [2.45, 2.75) is 18.4 Å². The van der Waals surface area contributed by atoms with Gasteiger partial charge in [-0.25, -0.2) is 18.9 Å². The topological polar surface area (TPSA) is 93.4 Å². The average Bonchev–Trinajstić information content (AvgIpc) is 3.28. The lowest BCUT2D eigenvalue weighted by Gasteiger charge is -2.21. The van der Waals surface area contributed by atoms with E-state index in [9.17, 15) is 9.18 Å². The minimum absolute atomic E-state index is 0.225. The van der Waals surface area contributed by atoms with Crippen LogP contribution in [0.3, 0.4) is 0 Å². The maximum Gasteiger partial charge on any atom is 0.256 e. The summed E-state index contributed by atoms with van der Waals surface area (Å²) in [5, 5.41) is 10.3. The van der Waals surface area contributed by atoms with Crippen LogP contribution in [0.15, 0.2) is 30.7 Å². The van der Waals surface area contributed by atoms with Crippen molar-refractivity contribution in [1.29, 1.82) is 0 Å². The molecule has 1 aliphatic heterocycles. The predicted molar refractivity (Wildman–Crippen MR) is 89.5 cm³/mol.